The molecule has 2 saturated heterocycles. The molecule has 5 rings (SSSR count). The second kappa shape index (κ2) is 12.5. The number of carbonyl (C=O) groups excluding carboxylic acids is 2. The molecule has 4 N–H and O–H groups in total. The molecule has 2 atom stereocenters. The summed E-state index contributed by atoms with van der Waals surface area (Å²) in [6.45, 7) is 4.61. The van der Waals surface area contributed by atoms with Crippen molar-refractivity contribution in [2.75, 3.05) is 19.6 Å². The molecule has 0 unspecified atom stereocenters. The first kappa shape index (κ1) is 30.2. The van der Waals surface area contributed by atoms with Crippen LogP contribution >= 0.6 is 0 Å². The average molecular weight is 597 g/mol. The van der Waals surface area contributed by atoms with E-state index in [1.807, 2.05) is 36.4 Å². The van der Waals surface area contributed by atoms with Gasteiger partial charge in [-0.25, -0.2) is 13.6 Å². The third-order valence-corrected chi connectivity index (χ3v) is 9.69. The molecule has 3 aliphatic rings. The average Bonchev–Trinajstić information content (AvgIpc) is 3.52. The lowest BCUT2D eigenvalue weighted by molar-refractivity contribution is -0.165. The molecular weight excluding hydrogens is 556 g/mol. The number of likely N-dealkylation sites (tertiary alicyclic amines) is 1. The van der Waals surface area contributed by atoms with Crippen LogP contribution in [0.5, 0.6) is 11.5 Å². The summed E-state index contributed by atoms with van der Waals surface area (Å²) in [5.74, 6) is 0.764. The first-order valence-corrected chi connectivity index (χ1v) is 16.2. The van der Waals surface area contributed by atoms with Crippen molar-refractivity contribution >= 4 is 21.8 Å². The number of rotatable bonds is 10. The molecule has 10 nitrogen and oxygen atoms in total. The van der Waals surface area contributed by atoms with Crippen molar-refractivity contribution in [1.82, 2.24) is 15.1 Å². The van der Waals surface area contributed by atoms with Gasteiger partial charge < -0.3 is 20.1 Å². The number of benzene rings is 2. The van der Waals surface area contributed by atoms with Crippen LogP contribution in [0.3, 0.4) is 0 Å². The highest BCUT2D eigenvalue weighted by atomic mass is 32.2. The van der Waals surface area contributed by atoms with Crippen molar-refractivity contribution in [2.24, 2.45) is 11.1 Å². The summed E-state index contributed by atoms with van der Waals surface area (Å²) in [5.41, 5.74) is 0.201. The molecule has 2 aliphatic heterocycles. The largest absolute Gasteiger partial charge is 0.457 e. The highest BCUT2D eigenvalue weighted by Crippen LogP contribution is 2.36. The van der Waals surface area contributed by atoms with Gasteiger partial charge in [-0.15, -0.1) is 0 Å². The van der Waals surface area contributed by atoms with Gasteiger partial charge >= 0.3 is 0 Å². The third-order valence-electron chi connectivity index (χ3n) is 8.76. The van der Waals surface area contributed by atoms with E-state index in [-0.39, 0.29) is 22.6 Å². The van der Waals surface area contributed by atoms with Gasteiger partial charge in [0.2, 0.25) is 21.8 Å². The molecule has 0 bridgehead atoms. The Bertz CT molecular complexity index is 1390. The predicted octanol–water partition coefficient (Wildman–Crippen LogP) is 2.92. The smallest absolute Gasteiger partial charge is 0.248 e. The van der Waals surface area contributed by atoms with Crippen molar-refractivity contribution < 1.29 is 27.9 Å². The number of aliphatic hydroxyl groups is 1. The molecule has 1 aliphatic carbocycles. The quantitative estimate of drug-likeness (QED) is 0.358. The molecule has 2 aromatic rings. The van der Waals surface area contributed by atoms with Crippen LogP contribution in [0.25, 0.3) is 0 Å². The van der Waals surface area contributed by atoms with Crippen LogP contribution in [0.2, 0.25) is 0 Å². The fourth-order valence-electron chi connectivity index (χ4n) is 6.23. The number of ether oxygens (including phenoxy) is 1. The number of hydrogen-bond acceptors (Lipinski definition) is 7. The van der Waals surface area contributed by atoms with Crippen LogP contribution in [0, 0.1) is 5.92 Å². The van der Waals surface area contributed by atoms with E-state index < -0.39 is 27.7 Å². The first-order chi connectivity index (χ1) is 20.1. The minimum Gasteiger partial charge on any atom is -0.457 e. The Morgan fingerprint density at radius 1 is 1.02 bits per heavy atom. The summed E-state index contributed by atoms with van der Waals surface area (Å²) in [6, 6.07) is 12.7. The molecule has 0 aromatic heterocycles. The molecule has 42 heavy (non-hydrogen) atoms. The zero-order chi connectivity index (χ0) is 29.9. The monoisotopic (exact) mass is 596 g/mol. The zero-order valence-corrected chi connectivity index (χ0v) is 24.8. The van der Waals surface area contributed by atoms with Gasteiger partial charge in [0.25, 0.3) is 0 Å². The van der Waals surface area contributed by atoms with Crippen molar-refractivity contribution in [3.63, 3.8) is 0 Å². The first-order valence-electron chi connectivity index (χ1n) is 14.7. The van der Waals surface area contributed by atoms with Crippen LogP contribution in [-0.2, 0) is 26.2 Å². The fourth-order valence-corrected chi connectivity index (χ4v) is 6.75. The minimum absolute atomic E-state index is 0.0242. The van der Waals surface area contributed by atoms with Gasteiger partial charge in [-0.05, 0) is 80.0 Å². The summed E-state index contributed by atoms with van der Waals surface area (Å²) in [5, 5.41) is 19.1. The Hall–Kier alpha value is -3.25. The number of amides is 2. The number of nitrogens with zero attached hydrogens (tertiary/aromatic N) is 2. The lowest BCUT2D eigenvalue weighted by Gasteiger charge is -2.52. The molecule has 226 valence electrons. The number of hydrogen-bond donors (Lipinski definition) is 3. The van der Waals surface area contributed by atoms with E-state index in [0.717, 1.165) is 31.2 Å². The summed E-state index contributed by atoms with van der Waals surface area (Å²) in [7, 11) is -3.76. The lowest BCUT2D eigenvalue weighted by atomic mass is 9.79. The number of aliphatic hydroxyl groups excluding tert-OH is 1. The van der Waals surface area contributed by atoms with Crippen LogP contribution in [-0.4, -0.2) is 72.5 Å². The van der Waals surface area contributed by atoms with E-state index in [2.05, 4.69) is 17.1 Å². The third kappa shape index (κ3) is 6.39. The molecule has 2 amide bonds. The molecule has 2 fully saturated rings. The molecule has 2 aromatic carbocycles. The topological polar surface area (TPSA) is 142 Å². The highest BCUT2D eigenvalue weighted by molar-refractivity contribution is 7.89. The van der Waals surface area contributed by atoms with E-state index in [9.17, 15) is 23.1 Å². The van der Waals surface area contributed by atoms with Gasteiger partial charge in [-0.2, -0.15) is 0 Å². The summed E-state index contributed by atoms with van der Waals surface area (Å²) in [6.07, 6.45) is 7.38. The highest BCUT2D eigenvalue weighted by Gasteiger charge is 2.55. The van der Waals surface area contributed by atoms with Gasteiger partial charge in [0.1, 0.15) is 23.1 Å². The lowest BCUT2D eigenvalue weighted by Crippen LogP contribution is -2.75. The van der Waals surface area contributed by atoms with Gasteiger partial charge in [0, 0.05) is 26.2 Å². The number of primary sulfonamides is 1. The standard InChI is InChI=1S/C31H40N4O6S/c1-2-3-18-35-29(37)27(28(36)23-6-4-5-7-23)33-30(38)31(35)16-19-34(20-17-31)21-22-8-10-24(11-9-22)41-25-12-14-26(15-13-25)42(32,39)40/h4-5,8-15,23,27-28,36H,2-3,6-7,16-21H2,1H3,(H,33,38)(H2,32,39,40)/t27-,28-/m1/s1. The Kier molecular flexibility index (Phi) is 9.03. The Balaban J connectivity index is 1.20. The number of allylic oxidation sites excluding steroid dienone is 2. The zero-order valence-electron chi connectivity index (χ0n) is 23.9. The molecule has 2 heterocycles. The molecule has 0 radical (unpaired) electrons. The number of piperidine rings is 1. The second-order valence-corrected chi connectivity index (χ2v) is 13.1. The van der Waals surface area contributed by atoms with E-state index in [4.69, 9.17) is 9.88 Å². The Morgan fingerprint density at radius 3 is 2.19 bits per heavy atom. The molecule has 1 spiro atoms. The molecule has 11 heteroatoms. The number of sulfonamides is 1. The summed E-state index contributed by atoms with van der Waals surface area (Å²) in [4.78, 5) is 31.4. The van der Waals surface area contributed by atoms with Gasteiger partial charge in [0.15, 0.2) is 0 Å². The molecule has 0 saturated carbocycles. The maximum Gasteiger partial charge on any atom is 0.248 e. The van der Waals surface area contributed by atoms with Gasteiger partial charge in [0.05, 0.1) is 11.0 Å². The van der Waals surface area contributed by atoms with Crippen molar-refractivity contribution in [3.05, 3.63) is 66.2 Å². The van der Waals surface area contributed by atoms with Crippen LogP contribution in [0.4, 0.5) is 0 Å². The number of nitrogens with two attached hydrogens (primary N) is 1. The number of piperazine rings is 1. The second-order valence-electron chi connectivity index (χ2n) is 11.6. The van der Waals surface area contributed by atoms with Crippen LogP contribution in [0.15, 0.2) is 65.6 Å². The number of carbonyl (C=O) groups is 2. The maximum absolute atomic E-state index is 13.7. The van der Waals surface area contributed by atoms with Crippen LogP contribution in [0.1, 0.15) is 51.0 Å². The predicted molar refractivity (Wildman–Crippen MR) is 158 cm³/mol. The summed E-state index contributed by atoms with van der Waals surface area (Å²) < 4.78 is 28.7. The Morgan fingerprint density at radius 2 is 1.62 bits per heavy atom. The van der Waals surface area contributed by atoms with E-state index in [0.29, 0.717) is 50.5 Å². The Labute approximate surface area is 247 Å². The summed E-state index contributed by atoms with van der Waals surface area (Å²) >= 11 is 0. The van der Waals surface area contributed by atoms with Gasteiger partial charge in [-0.3, -0.25) is 14.5 Å². The van der Waals surface area contributed by atoms with Crippen molar-refractivity contribution in [1.29, 1.82) is 0 Å². The van der Waals surface area contributed by atoms with E-state index in [1.165, 1.54) is 12.1 Å². The molecular formula is C31H40N4O6S. The number of nitrogens with one attached hydrogen (secondary N) is 1. The normalized spacial score (nSPS) is 22.0. The van der Waals surface area contributed by atoms with Gasteiger partial charge in [-0.1, -0.05) is 37.6 Å². The van der Waals surface area contributed by atoms with Crippen molar-refractivity contribution in [3.8, 4) is 11.5 Å². The van der Waals surface area contributed by atoms with E-state index in [1.54, 1.807) is 17.0 Å². The maximum atomic E-state index is 13.7. The fraction of sp³-hybridized carbons (Fsp3) is 0.484. The van der Waals surface area contributed by atoms with Crippen molar-refractivity contribution in [2.45, 2.75) is 74.6 Å². The van der Waals surface area contributed by atoms with Crippen LogP contribution < -0.4 is 15.2 Å². The minimum atomic E-state index is -3.76. The SMILES string of the molecule is CCCCN1C(=O)[C@@H]([C@H](O)C2CC=CC2)NC(=O)C12CCN(Cc1ccc(Oc3ccc(S(N)(=O)=O)cc3)cc1)CC2. The number of unbranched alkanes of at least 4 members (excludes halogenated alkanes) is 1. The van der Waals surface area contributed by atoms with E-state index >= 15 is 0 Å².